The molecule has 38 heavy (non-hydrogen) atoms. The van der Waals surface area contributed by atoms with Crippen molar-refractivity contribution in [2.24, 2.45) is 0 Å². The number of fused-ring (bicyclic) bond motifs is 2. The van der Waals surface area contributed by atoms with E-state index in [9.17, 15) is 14.4 Å². The Bertz CT molecular complexity index is 1620. The van der Waals surface area contributed by atoms with Crippen LogP contribution in [0.2, 0.25) is 0 Å². The lowest BCUT2D eigenvalue weighted by Gasteiger charge is -2.11. The molecular weight excluding hydrogens is 484 g/mol. The monoisotopic (exact) mass is 508 g/mol. The lowest BCUT2D eigenvalue weighted by molar-refractivity contribution is -0.123. The maximum atomic E-state index is 13.1. The van der Waals surface area contributed by atoms with Crippen molar-refractivity contribution in [1.82, 2.24) is 14.8 Å². The van der Waals surface area contributed by atoms with Crippen LogP contribution in [-0.2, 0) is 22.7 Å². The van der Waals surface area contributed by atoms with Crippen molar-refractivity contribution in [3.05, 3.63) is 95.3 Å². The molecule has 0 spiro atoms. The van der Waals surface area contributed by atoms with Crippen LogP contribution in [0, 0.1) is 6.92 Å². The molecule has 1 fully saturated rings. The Balaban J connectivity index is 1.27. The van der Waals surface area contributed by atoms with Gasteiger partial charge in [-0.25, -0.2) is 4.79 Å². The second-order valence-electron chi connectivity index (χ2n) is 9.08. The molecule has 0 bridgehead atoms. The second kappa shape index (κ2) is 9.44. The molecule has 2 N–H and O–H groups in total. The van der Waals surface area contributed by atoms with Crippen molar-refractivity contribution in [1.29, 1.82) is 0 Å². The fraction of sp³-hybridized carbons (Fsp3) is 0.138. The Kier molecular flexibility index (Phi) is 5.80. The predicted octanol–water partition coefficient (Wildman–Crippen LogP) is 4.41. The van der Waals surface area contributed by atoms with Crippen molar-refractivity contribution in [3.8, 4) is 11.5 Å². The van der Waals surface area contributed by atoms with Crippen LogP contribution in [-0.4, -0.2) is 34.1 Å². The summed E-state index contributed by atoms with van der Waals surface area (Å²) in [6.45, 7) is 2.30. The minimum atomic E-state index is -0.463. The average Bonchev–Trinajstić information content (AvgIpc) is 3.57. The number of aromatic nitrogens is 1. The number of nitrogens with zero attached hydrogens (tertiary/aromatic N) is 2. The third kappa shape index (κ3) is 4.24. The number of para-hydroxylation sites is 1. The molecule has 2 aliphatic heterocycles. The minimum absolute atomic E-state index is 0.0599. The van der Waals surface area contributed by atoms with Gasteiger partial charge >= 0.3 is 6.03 Å². The first-order valence-corrected chi connectivity index (χ1v) is 12.1. The molecule has 9 nitrogen and oxygen atoms in total. The SMILES string of the molecule is Cc1c(/C=C2\NC(=O)N(Cc3ccccc3)C2=O)c2ccccc2n1CC(=O)Nc1ccc2c(c1)OCO2. The van der Waals surface area contributed by atoms with Gasteiger partial charge in [-0.2, -0.15) is 0 Å². The third-order valence-electron chi connectivity index (χ3n) is 6.67. The smallest absolute Gasteiger partial charge is 0.329 e. The number of amides is 4. The van der Waals surface area contributed by atoms with Gasteiger partial charge in [0, 0.05) is 33.9 Å². The standard InChI is InChI=1S/C29H24N4O5/c1-18-22(14-23-28(35)33(29(36)31-23)15-19-7-3-2-4-8-19)21-9-5-6-10-24(21)32(18)16-27(34)30-20-11-12-25-26(13-20)38-17-37-25/h2-14H,15-17H2,1H3,(H,30,34)(H,31,36)/b23-14-. The van der Waals surface area contributed by atoms with E-state index >= 15 is 0 Å². The molecule has 0 unspecified atom stereocenters. The zero-order valence-electron chi connectivity index (χ0n) is 20.6. The van der Waals surface area contributed by atoms with Gasteiger partial charge in [-0.05, 0) is 36.8 Å². The van der Waals surface area contributed by atoms with Gasteiger partial charge in [-0.15, -0.1) is 0 Å². The van der Waals surface area contributed by atoms with Crippen LogP contribution in [0.5, 0.6) is 11.5 Å². The first-order chi connectivity index (χ1) is 18.5. The molecule has 1 saturated heterocycles. The topological polar surface area (TPSA) is 102 Å². The number of nitrogens with one attached hydrogen (secondary N) is 2. The van der Waals surface area contributed by atoms with Crippen molar-refractivity contribution in [2.45, 2.75) is 20.0 Å². The summed E-state index contributed by atoms with van der Waals surface area (Å²) in [7, 11) is 0. The molecule has 0 saturated carbocycles. The summed E-state index contributed by atoms with van der Waals surface area (Å²) in [5.74, 6) is 0.620. The van der Waals surface area contributed by atoms with Gasteiger partial charge in [0.1, 0.15) is 12.2 Å². The molecule has 0 aliphatic carbocycles. The molecule has 3 aromatic carbocycles. The van der Waals surface area contributed by atoms with E-state index in [-0.39, 0.29) is 31.5 Å². The highest BCUT2D eigenvalue weighted by atomic mass is 16.7. The highest BCUT2D eigenvalue weighted by Gasteiger charge is 2.34. The number of hydrogen-bond donors (Lipinski definition) is 2. The van der Waals surface area contributed by atoms with E-state index < -0.39 is 11.9 Å². The van der Waals surface area contributed by atoms with E-state index in [4.69, 9.17) is 9.47 Å². The highest BCUT2D eigenvalue weighted by Crippen LogP contribution is 2.34. The fourth-order valence-corrected chi connectivity index (χ4v) is 4.79. The maximum Gasteiger partial charge on any atom is 0.329 e. The summed E-state index contributed by atoms with van der Waals surface area (Å²) in [5, 5.41) is 6.49. The molecule has 190 valence electrons. The van der Waals surface area contributed by atoms with Crippen LogP contribution in [0.25, 0.3) is 17.0 Å². The summed E-state index contributed by atoms with van der Waals surface area (Å²) < 4.78 is 12.6. The summed E-state index contributed by atoms with van der Waals surface area (Å²) in [4.78, 5) is 39.9. The maximum absolute atomic E-state index is 13.1. The largest absolute Gasteiger partial charge is 0.454 e. The number of carbonyl (C=O) groups excluding carboxylic acids is 3. The van der Waals surface area contributed by atoms with E-state index in [1.807, 2.05) is 66.1 Å². The van der Waals surface area contributed by atoms with Gasteiger partial charge in [-0.1, -0.05) is 48.5 Å². The second-order valence-corrected chi connectivity index (χ2v) is 9.08. The van der Waals surface area contributed by atoms with Gasteiger partial charge in [0.15, 0.2) is 11.5 Å². The van der Waals surface area contributed by atoms with Crippen LogP contribution < -0.4 is 20.1 Å². The van der Waals surface area contributed by atoms with Gasteiger partial charge in [0.05, 0.1) is 6.54 Å². The molecule has 9 heteroatoms. The summed E-state index contributed by atoms with van der Waals surface area (Å²) in [5.41, 5.74) is 4.06. The van der Waals surface area contributed by atoms with Crippen LogP contribution in [0.4, 0.5) is 10.5 Å². The van der Waals surface area contributed by atoms with Crippen molar-refractivity contribution in [2.75, 3.05) is 12.1 Å². The molecule has 4 aromatic rings. The molecule has 6 rings (SSSR count). The van der Waals surface area contributed by atoms with Crippen molar-refractivity contribution in [3.63, 3.8) is 0 Å². The number of hydrogen-bond acceptors (Lipinski definition) is 5. The molecule has 1 aromatic heterocycles. The number of carbonyl (C=O) groups is 3. The Morgan fingerprint density at radius 3 is 2.61 bits per heavy atom. The van der Waals surface area contributed by atoms with Gasteiger partial charge in [-0.3, -0.25) is 14.5 Å². The van der Waals surface area contributed by atoms with Crippen LogP contribution in [0.3, 0.4) is 0 Å². The van der Waals surface area contributed by atoms with Crippen LogP contribution >= 0.6 is 0 Å². The summed E-state index contributed by atoms with van der Waals surface area (Å²) in [6.07, 6.45) is 1.69. The number of rotatable bonds is 6. The zero-order valence-corrected chi connectivity index (χ0v) is 20.6. The van der Waals surface area contributed by atoms with Crippen molar-refractivity contribution >= 4 is 40.5 Å². The van der Waals surface area contributed by atoms with Crippen LogP contribution in [0.15, 0.2) is 78.5 Å². The molecule has 2 aliphatic rings. The first kappa shape index (κ1) is 23.4. The predicted molar refractivity (Wildman–Crippen MR) is 141 cm³/mol. The normalized spacial score (nSPS) is 15.4. The Morgan fingerprint density at radius 2 is 1.76 bits per heavy atom. The number of benzene rings is 3. The quantitative estimate of drug-likeness (QED) is 0.297. The fourth-order valence-electron chi connectivity index (χ4n) is 4.79. The lowest BCUT2D eigenvalue weighted by atomic mass is 10.1. The molecule has 0 radical (unpaired) electrons. The minimum Gasteiger partial charge on any atom is -0.454 e. The number of urea groups is 1. The number of imide groups is 1. The molecule has 0 atom stereocenters. The highest BCUT2D eigenvalue weighted by molar-refractivity contribution is 6.14. The van der Waals surface area contributed by atoms with E-state index in [1.54, 1.807) is 24.3 Å². The van der Waals surface area contributed by atoms with E-state index in [2.05, 4.69) is 10.6 Å². The zero-order chi connectivity index (χ0) is 26.2. The summed E-state index contributed by atoms with van der Waals surface area (Å²) >= 11 is 0. The Labute approximate surface area is 218 Å². The van der Waals surface area contributed by atoms with Crippen LogP contribution in [0.1, 0.15) is 16.8 Å². The molecule has 4 amide bonds. The van der Waals surface area contributed by atoms with E-state index in [1.165, 1.54) is 4.90 Å². The average molecular weight is 509 g/mol. The lowest BCUT2D eigenvalue weighted by Crippen LogP contribution is -2.30. The third-order valence-corrected chi connectivity index (χ3v) is 6.67. The number of anilines is 1. The summed E-state index contributed by atoms with van der Waals surface area (Å²) in [6, 6.07) is 21.8. The van der Waals surface area contributed by atoms with Gasteiger partial charge in [0.2, 0.25) is 12.7 Å². The Morgan fingerprint density at radius 1 is 1.00 bits per heavy atom. The number of ether oxygens (including phenoxy) is 2. The Hall–Kier alpha value is -5.05. The van der Waals surface area contributed by atoms with Gasteiger partial charge in [0.25, 0.3) is 5.91 Å². The molecule has 3 heterocycles. The first-order valence-electron chi connectivity index (χ1n) is 12.1. The van der Waals surface area contributed by atoms with E-state index in [0.29, 0.717) is 17.2 Å². The van der Waals surface area contributed by atoms with E-state index in [0.717, 1.165) is 27.7 Å². The van der Waals surface area contributed by atoms with Crippen molar-refractivity contribution < 1.29 is 23.9 Å². The molecular formula is C29H24N4O5. The van der Waals surface area contributed by atoms with Gasteiger partial charge < -0.3 is 24.7 Å².